The van der Waals surface area contributed by atoms with Gasteiger partial charge in [-0.05, 0) is 42.0 Å². The van der Waals surface area contributed by atoms with E-state index in [1.54, 1.807) is 12.1 Å². The van der Waals surface area contributed by atoms with Gasteiger partial charge in [0.25, 0.3) is 5.91 Å². The number of nitrogens with one attached hydrogen (secondary N) is 1. The van der Waals surface area contributed by atoms with Gasteiger partial charge in [-0.3, -0.25) is 9.20 Å². The number of nitrogens with zero attached hydrogens (tertiary/aromatic N) is 2. The first-order valence-corrected chi connectivity index (χ1v) is 8.27. The van der Waals surface area contributed by atoms with Crippen molar-refractivity contribution in [2.45, 2.75) is 6.54 Å². The zero-order valence-corrected chi connectivity index (χ0v) is 13.9. The van der Waals surface area contributed by atoms with Crippen LogP contribution < -0.4 is 5.32 Å². The zero-order chi connectivity index (χ0) is 17.9. The predicted octanol–water partition coefficient (Wildman–Crippen LogP) is 4.07. The van der Waals surface area contributed by atoms with E-state index < -0.39 is 0 Å². The number of carbonyl (C=O) groups excluding carboxylic acids is 1. The van der Waals surface area contributed by atoms with Crippen molar-refractivity contribution in [1.82, 2.24) is 14.7 Å². The number of halogens is 1. The van der Waals surface area contributed by atoms with Crippen LogP contribution >= 0.6 is 0 Å². The number of imidazole rings is 1. The van der Waals surface area contributed by atoms with Crippen molar-refractivity contribution in [3.8, 4) is 11.4 Å². The van der Waals surface area contributed by atoms with E-state index in [4.69, 9.17) is 0 Å². The standard InChI is InChI=1S/C21H16FN3O/c22-17-11-9-16(10-12-17)20-24-19(18-8-4-5-13-25(18)20)21(26)23-14-15-6-2-1-3-7-15/h1-13H,14H2,(H,23,26). The van der Waals surface area contributed by atoms with E-state index in [-0.39, 0.29) is 11.7 Å². The molecule has 26 heavy (non-hydrogen) atoms. The summed E-state index contributed by atoms with van der Waals surface area (Å²) in [6, 6.07) is 21.4. The number of carbonyl (C=O) groups is 1. The number of amides is 1. The molecule has 0 fully saturated rings. The molecule has 0 aliphatic carbocycles. The summed E-state index contributed by atoms with van der Waals surface area (Å²) in [5.74, 6) is 0.0480. The first-order valence-electron chi connectivity index (χ1n) is 8.27. The smallest absolute Gasteiger partial charge is 0.272 e. The number of benzene rings is 2. The van der Waals surface area contributed by atoms with Gasteiger partial charge >= 0.3 is 0 Å². The Bertz CT molecular complexity index is 1060. The van der Waals surface area contributed by atoms with Gasteiger partial charge in [-0.2, -0.15) is 0 Å². The molecule has 4 nitrogen and oxygen atoms in total. The number of aromatic nitrogens is 2. The minimum absolute atomic E-state index is 0.245. The van der Waals surface area contributed by atoms with Gasteiger partial charge in [-0.25, -0.2) is 9.37 Å². The van der Waals surface area contributed by atoms with Crippen LogP contribution in [0.3, 0.4) is 0 Å². The Morgan fingerprint density at radius 2 is 1.69 bits per heavy atom. The maximum atomic E-state index is 13.2. The fraction of sp³-hybridized carbons (Fsp3) is 0.0476. The maximum Gasteiger partial charge on any atom is 0.272 e. The van der Waals surface area contributed by atoms with Crippen molar-refractivity contribution < 1.29 is 9.18 Å². The van der Waals surface area contributed by atoms with Crippen molar-refractivity contribution in [3.05, 3.63) is 96.1 Å². The van der Waals surface area contributed by atoms with Crippen LogP contribution in [0, 0.1) is 5.82 Å². The van der Waals surface area contributed by atoms with Gasteiger partial charge in [0.05, 0.1) is 5.52 Å². The van der Waals surface area contributed by atoms with Crippen LogP contribution in [0.25, 0.3) is 16.9 Å². The molecular formula is C21H16FN3O. The monoisotopic (exact) mass is 345 g/mol. The SMILES string of the molecule is O=C(NCc1ccccc1)c1nc(-c2ccc(F)cc2)n2ccccc12. The average Bonchev–Trinajstić information content (AvgIpc) is 3.07. The summed E-state index contributed by atoms with van der Waals surface area (Å²) in [5, 5.41) is 2.91. The summed E-state index contributed by atoms with van der Waals surface area (Å²) in [5.41, 5.74) is 2.82. The normalized spacial score (nSPS) is 10.8. The molecule has 2 heterocycles. The number of hydrogen-bond donors (Lipinski definition) is 1. The predicted molar refractivity (Wildman–Crippen MR) is 98.2 cm³/mol. The number of hydrogen-bond acceptors (Lipinski definition) is 2. The lowest BCUT2D eigenvalue weighted by Gasteiger charge is -2.03. The van der Waals surface area contributed by atoms with Crippen molar-refractivity contribution in [2.24, 2.45) is 0 Å². The summed E-state index contributed by atoms with van der Waals surface area (Å²) < 4.78 is 15.1. The van der Waals surface area contributed by atoms with E-state index in [9.17, 15) is 9.18 Å². The summed E-state index contributed by atoms with van der Waals surface area (Å²) in [7, 11) is 0. The molecule has 2 aromatic heterocycles. The van der Waals surface area contributed by atoms with E-state index in [0.717, 1.165) is 11.1 Å². The van der Waals surface area contributed by atoms with Gasteiger partial charge < -0.3 is 5.32 Å². The van der Waals surface area contributed by atoms with Gasteiger partial charge in [-0.1, -0.05) is 36.4 Å². The van der Waals surface area contributed by atoms with Gasteiger partial charge in [0.15, 0.2) is 5.69 Å². The molecule has 0 bridgehead atoms. The van der Waals surface area contributed by atoms with E-state index in [1.807, 2.05) is 59.1 Å². The minimum atomic E-state index is -0.310. The van der Waals surface area contributed by atoms with Crippen LogP contribution in [-0.4, -0.2) is 15.3 Å². The van der Waals surface area contributed by atoms with Crippen LogP contribution in [0.1, 0.15) is 16.1 Å². The highest BCUT2D eigenvalue weighted by atomic mass is 19.1. The second-order valence-electron chi connectivity index (χ2n) is 5.92. The quantitative estimate of drug-likeness (QED) is 0.606. The van der Waals surface area contributed by atoms with Gasteiger partial charge in [0.1, 0.15) is 11.6 Å². The third kappa shape index (κ3) is 3.07. The molecule has 0 spiro atoms. The molecule has 128 valence electrons. The molecule has 0 unspecified atom stereocenters. The van der Waals surface area contributed by atoms with Crippen molar-refractivity contribution in [1.29, 1.82) is 0 Å². The van der Waals surface area contributed by atoms with Crippen molar-refractivity contribution in [2.75, 3.05) is 0 Å². The highest BCUT2D eigenvalue weighted by Crippen LogP contribution is 2.23. The summed E-state index contributed by atoms with van der Waals surface area (Å²) in [6.07, 6.45) is 1.84. The summed E-state index contributed by atoms with van der Waals surface area (Å²) in [6.45, 7) is 0.428. The van der Waals surface area contributed by atoms with E-state index in [0.29, 0.717) is 23.6 Å². The van der Waals surface area contributed by atoms with E-state index in [2.05, 4.69) is 10.3 Å². The van der Waals surface area contributed by atoms with Crippen LogP contribution in [0.5, 0.6) is 0 Å². The second-order valence-corrected chi connectivity index (χ2v) is 5.92. The third-order valence-electron chi connectivity index (χ3n) is 4.16. The maximum absolute atomic E-state index is 13.2. The lowest BCUT2D eigenvalue weighted by molar-refractivity contribution is 0.0948. The van der Waals surface area contributed by atoms with Gasteiger partial charge in [-0.15, -0.1) is 0 Å². The van der Waals surface area contributed by atoms with Crippen LogP contribution in [0.2, 0.25) is 0 Å². The number of rotatable bonds is 4. The molecule has 4 aromatic rings. The lowest BCUT2D eigenvalue weighted by atomic mass is 10.2. The molecule has 2 aromatic carbocycles. The van der Waals surface area contributed by atoms with Crippen molar-refractivity contribution >= 4 is 11.4 Å². The fourth-order valence-corrected chi connectivity index (χ4v) is 2.87. The van der Waals surface area contributed by atoms with Crippen LogP contribution in [0.4, 0.5) is 4.39 Å². The molecule has 0 aliphatic rings. The topological polar surface area (TPSA) is 46.4 Å². The lowest BCUT2D eigenvalue weighted by Crippen LogP contribution is -2.23. The number of pyridine rings is 1. The molecule has 0 atom stereocenters. The molecule has 0 saturated heterocycles. The van der Waals surface area contributed by atoms with Crippen molar-refractivity contribution in [3.63, 3.8) is 0 Å². The molecule has 0 aliphatic heterocycles. The Balaban J connectivity index is 1.69. The zero-order valence-electron chi connectivity index (χ0n) is 13.9. The Hall–Kier alpha value is -3.47. The summed E-state index contributed by atoms with van der Waals surface area (Å²) in [4.78, 5) is 17.2. The molecule has 0 radical (unpaired) electrons. The Labute approximate surface area is 149 Å². The average molecular weight is 345 g/mol. The molecule has 1 amide bonds. The highest BCUT2D eigenvalue weighted by molar-refractivity contribution is 6.00. The Morgan fingerprint density at radius 1 is 0.962 bits per heavy atom. The third-order valence-corrected chi connectivity index (χ3v) is 4.16. The van der Waals surface area contributed by atoms with E-state index >= 15 is 0 Å². The van der Waals surface area contributed by atoms with Gasteiger partial charge in [0, 0.05) is 18.3 Å². The van der Waals surface area contributed by atoms with Crippen LogP contribution in [-0.2, 0) is 6.54 Å². The molecule has 1 N–H and O–H groups in total. The molecule has 4 rings (SSSR count). The highest BCUT2D eigenvalue weighted by Gasteiger charge is 2.18. The van der Waals surface area contributed by atoms with Gasteiger partial charge in [0.2, 0.25) is 0 Å². The Morgan fingerprint density at radius 3 is 2.46 bits per heavy atom. The largest absolute Gasteiger partial charge is 0.347 e. The van der Waals surface area contributed by atoms with Crippen LogP contribution in [0.15, 0.2) is 79.0 Å². The Kier molecular flexibility index (Phi) is 4.19. The number of fused-ring (bicyclic) bond motifs is 1. The molecular weight excluding hydrogens is 329 g/mol. The fourth-order valence-electron chi connectivity index (χ4n) is 2.87. The molecule has 5 heteroatoms. The first-order chi connectivity index (χ1) is 12.7. The summed E-state index contributed by atoms with van der Waals surface area (Å²) >= 11 is 0. The van der Waals surface area contributed by atoms with E-state index in [1.165, 1.54) is 12.1 Å². The second kappa shape index (κ2) is 6.80. The molecule has 0 saturated carbocycles. The minimum Gasteiger partial charge on any atom is -0.347 e. The first kappa shape index (κ1) is 16.0.